The molecule has 0 saturated heterocycles. The summed E-state index contributed by atoms with van der Waals surface area (Å²) in [6.07, 6.45) is 4.61. The fourth-order valence-electron chi connectivity index (χ4n) is 1.53. The molecule has 0 fully saturated rings. The van der Waals surface area contributed by atoms with Crippen LogP contribution in [0.15, 0.2) is 52.3 Å². The van der Waals surface area contributed by atoms with Crippen LogP contribution in [0.3, 0.4) is 0 Å². The summed E-state index contributed by atoms with van der Waals surface area (Å²) in [5, 5.41) is 3.91. The number of para-hydroxylation sites is 1. The highest BCUT2D eigenvalue weighted by molar-refractivity contribution is 9.10. The number of amides is 1. The molecular weight excluding hydrogens is 322 g/mol. The van der Waals surface area contributed by atoms with E-state index >= 15 is 0 Å². The molecule has 0 atom stereocenters. The summed E-state index contributed by atoms with van der Waals surface area (Å²) in [5.74, 6) is 0.361. The largest absolute Gasteiger partial charge is 0.496 e. The number of pyridine rings is 1. The van der Waals surface area contributed by atoms with Crippen LogP contribution in [-0.2, 0) is 0 Å². The minimum Gasteiger partial charge on any atom is -0.496 e. The van der Waals surface area contributed by atoms with Gasteiger partial charge in [0.1, 0.15) is 5.75 Å². The van der Waals surface area contributed by atoms with Crippen molar-refractivity contribution in [1.29, 1.82) is 0 Å². The van der Waals surface area contributed by atoms with Gasteiger partial charge < -0.3 is 4.74 Å². The van der Waals surface area contributed by atoms with Crippen molar-refractivity contribution in [2.45, 2.75) is 0 Å². The Labute approximate surface area is 124 Å². The zero-order valence-electron chi connectivity index (χ0n) is 10.7. The second kappa shape index (κ2) is 6.81. The third kappa shape index (κ3) is 3.64. The monoisotopic (exact) mass is 333 g/mol. The Hall–Kier alpha value is -2.21. The Balaban J connectivity index is 2.05. The zero-order valence-corrected chi connectivity index (χ0v) is 12.3. The number of hydrogen-bond acceptors (Lipinski definition) is 4. The third-order valence-electron chi connectivity index (χ3n) is 2.48. The van der Waals surface area contributed by atoms with Crippen LogP contribution in [0.25, 0.3) is 0 Å². The van der Waals surface area contributed by atoms with Crippen molar-refractivity contribution in [3.63, 3.8) is 0 Å². The fourth-order valence-corrected chi connectivity index (χ4v) is 1.90. The van der Waals surface area contributed by atoms with Crippen molar-refractivity contribution in [2.24, 2.45) is 5.10 Å². The number of benzene rings is 1. The van der Waals surface area contributed by atoms with Crippen molar-refractivity contribution in [3.05, 3.63) is 58.3 Å². The first-order valence-electron chi connectivity index (χ1n) is 5.77. The van der Waals surface area contributed by atoms with Gasteiger partial charge in [-0.3, -0.25) is 9.78 Å². The quantitative estimate of drug-likeness (QED) is 0.691. The average Bonchev–Trinajstić information content (AvgIpc) is 2.47. The van der Waals surface area contributed by atoms with Gasteiger partial charge in [-0.05, 0) is 34.1 Å². The normalized spacial score (nSPS) is 10.5. The molecule has 1 N–H and O–H groups in total. The minimum atomic E-state index is -0.329. The number of rotatable bonds is 4. The highest BCUT2D eigenvalue weighted by atomic mass is 79.9. The minimum absolute atomic E-state index is 0.329. The molecule has 1 aromatic carbocycles. The summed E-state index contributed by atoms with van der Waals surface area (Å²) < 4.78 is 5.92. The molecule has 102 valence electrons. The van der Waals surface area contributed by atoms with Gasteiger partial charge in [-0.2, -0.15) is 5.10 Å². The Kier molecular flexibility index (Phi) is 4.84. The van der Waals surface area contributed by atoms with Crippen molar-refractivity contribution in [3.8, 4) is 5.75 Å². The highest BCUT2D eigenvalue weighted by Gasteiger charge is 2.05. The molecule has 0 radical (unpaired) electrons. The first-order valence-corrected chi connectivity index (χ1v) is 6.57. The second-order valence-electron chi connectivity index (χ2n) is 3.83. The van der Waals surface area contributed by atoms with Crippen LogP contribution >= 0.6 is 15.9 Å². The lowest BCUT2D eigenvalue weighted by molar-refractivity contribution is 0.0954. The summed E-state index contributed by atoms with van der Waals surface area (Å²) in [6, 6.07) is 9.06. The lowest BCUT2D eigenvalue weighted by atomic mass is 10.2. The first-order chi connectivity index (χ1) is 9.70. The van der Waals surface area contributed by atoms with E-state index in [4.69, 9.17) is 4.74 Å². The van der Waals surface area contributed by atoms with Crippen LogP contribution < -0.4 is 10.2 Å². The maximum Gasteiger partial charge on any atom is 0.272 e. The van der Waals surface area contributed by atoms with Gasteiger partial charge in [-0.1, -0.05) is 12.1 Å². The van der Waals surface area contributed by atoms with Gasteiger partial charge in [0.2, 0.25) is 0 Å². The van der Waals surface area contributed by atoms with Gasteiger partial charge in [0.15, 0.2) is 0 Å². The summed E-state index contributed by atoms with van der Waals surface area (Å²) in [4.78, 5) is 15.7. The molecule has 0 aliphatic rings. The van der Waals surface area contributed by atoms with E-state index in [1.807, 2.05) is 24.3 Å². The molecular formula is C14H12BrN3O2. The number of carbonyl (C=O) groups is 1. The first kappa shape index (κ1) is 14.2. The molecule has 1 heterocycles. The zero-order chi connectivity index (χ0) is 14.4. The molecule has 5 nitrogen and oxygen atoms in total. The van der Waals surface area contributed by atoms with Crippen LogP contribution in [0.1, 0.15) is 15.9 Å². The van der Waals surface area contributed by atoms with Crippen LogP contribution in [-0.4, -0.2) is 24.2 Å². The molecule has 0 spiro atoms. The molecule has 0 aliphatic carbocycles. The average molecular weight is 334 g/mol. The van der Waals surface area contributed by atoms with Gasteiger partial charge in [0.25, 0.3) is 5.91 Å². The highest BCUT2D eigenvalue weighted by Crippen LogP contribution is 2.14. The Morgan fingerprint density at radius 1 is 1.40 bits per heavy atom. The van der Waals surface area contributed by atoms with E-state index in [1.165, 1.54) is 12.4 Å². The summed E-state index contributed by atoms with van der Waals surface area (Å²) in [6.45, 7) is 0. The Morgan fingerprint density at radius 2 is 2.20 bits per heavy atom. The smallest absolute Gasteiger partial charge is 0.272 e. The number of nitrogens with one attached hydrogen (secondary N) is 1. The van der Waals surface area contributed by atoms with Crippen LogP contribution in [0.4, 0.5) is 0 Å². The number of halogens is 1. The van der Waals surface area contributed by atoms with Crippen LogP contribution in [0.2, 0.25) is 0 Å². The summed E-state index contributed by atoms with van der Waals surface area (Å²) >= 11 is 3.26. The lowest BCUT2D eigenvalue weighted by Gasteiger charge is -2.03. The van der Waals surface area contributed by atoms with Crippen molar-refractivity contribution < 1.29 is 9.53 Å². The number of hydrazone groups is 1. The van der Waals surface area contributed by atoms with Gasteiger partial charge >= 0.3 is 0 Å². The predicted molar refractivity (Wildman–Crippen MR) is 80.0 cm³/mol. The van der Waals surface area contributed by atoms with Crippen molar-refractivity contribution >= 4 is 28.1 Å². The predicted octanol–water partition coefficient (Wildman–Crippen LogP) is 2.62. The summed E-state index contributed by atoms with van der Waals surface area (Å²) in [5.41, 5.74) is 3.65. The number of hydrogen-bond donors (Lipinski definition) is 1. The Bertz CT molecular complexity index is 644. The number of aromatic nitrogens is 1. The second-order valence-corrected chi connectivity index (χ2v) is 4.75. The van der Waals surface area contributed by atoms with E-state index in [-0.39, 0.29) is 5.91 Å². The molecule has 1 amide bonds. The topological polar surface area (TPSA) is 63.6 Å². The van der Waals surface area contributed by atoms with E-state index < -0.39 is 0 Å². The molecule has 0 aliphatic heterocycles. The van der Waals surface area contributed by atoms with E-state index in [1.54, 1.807) is 19.4 Å². The van der Waals surface area contributed by atoms with Crippen molar-refractivity contribution in [2.75, 3.05) is 7.11 Å². The maximum absolute atomic E-state index is 11.8. The van der Waals surface area contributed by atoms with Crippen molar-refractivity contribution in [1.82, 2.24) is 10.4 Å². The molecule has 1 aromatic heterocycles. The SMILES string of the molecule is COc1ccccc1/C=N/NC(=O)c1cncc(Br)c1. The Morgan fingerprint density at radius 3 is 2.95 bits per heavy atom. The molecule has 2 rings (SSSR count). The van der Waals surface area contributed by atoms with Gasteiger partial charge in [-0.25, -0.2) is 5.43 Å². The molecule has 20 heavy (non-hydrogen) atoms. The molecule has 0 bridgehead atoms. The van der Waals surface area contributed by atoms with Gasteiger partial charge in [-0.15, -0.1) is 0 Å². The van der Waals surface area contributed by atoms with Gasteiger partial charge in [0, 0.05) is 22.4 Å². The number of methoxy groups -OCH3 is 1. The van der Waals surface area contributed by atoms with E-state index in [9.17, 15) is 4.79 Å². The lowest BCUT2D eigenvalue weighted by Crippen LogP contribution is -2.17. The molecule has 2 aromatic rings. The third-order valence-corrected chi connectivity index (χ3v) is 2.91. The summed E-state index contributed by atoms with van der Waals surface area (Å²) in [7, 11) is 1.58. The molecule has 0 saturated carbocycles. The van der Waals surface area contributed by atoms with E-state index in [0.29, 0.717) is 11.3 Å². The van der Waals surface area contributed by atoms with E-state index in [0.717, 1.165) is 10.0 Å². The number of ether oxygens (including phenoxy) is 1. The molecule has 6 heteroatoms. The van der Waals surface area contributed by atoms with Gasteiger partial charge in [0.05, 0.1) is 18.9 Å². The molecule has 0 unspecified atom stereocenters. The number of nitrogens with zero attached hydrogens (tertiary/aromatic N) is 2. The maximum atomic E-state index is 11.8. The van der Waals surface area contributed by atoms with Crippen LogP contribution in [0.5, 0.6) is 5.75 Å². The standard InChI is InChI=1S/C14H12BrN3O2/c1-20-13-5-3-2-4-10(13)8-17-18-14(19)11-6-12(15)9-16-7-11/h2-9H,1H3,(H,18,19)/b17-8+. The van der Waals surface area contributed by atoms with E-state index in [2.05, 4.69) is 31.4 Å². The number of carbonyl (C=O) groups excluding carboxylic acids is 1. The van der Waals surface area contributed by atoms with Crippen LogP contribution in [0, 0.1) is 0 Å². The fraction of sp³-hybridized carbons (Fsp3) is 0.0714.